The van der Waals surface area contributed by atoms with Gasteiger partial charge in [0, 0.05) is 10.9 Å². The van der Waals surface area contributed by atoms with E-state index < -0.39 is 5.97 Å². The van der Waals surface area contributed by atoms with Crippen molar-refractivity contribution in [3.8, 4) is 17.0 Å². The molecule has 0 fully saturated rings. The van der Waals surface area contributed by atoms with Crippen LogP contribution in [0.4, 0.5) is 0 Å². The second-order valence-electron chi connectivity index (χ2n) is 4.54. The third-order valence-corrected chi connectivity index (χ3v) is 4.16. The lowest BCUT2D eigenvalue weighted by Crippen LogP contribution is -2.05. The fourth-order valence-corrected chi connectivity index (χ4v) is 3.27. The summed E-state index contributed by atoms with van der Waals surface area (Å²) in [6, 6.07) is 7.56. The maximum absolute atomic E-state index is 11.6. The molecule has 2 aromatic heterocycles. The molecule has 0 amide bonds. The van der Waals surface area contributed by atoms with Crippen LogP contribution in [-0.4, -0.2) is 27.6 Å². The van der Waals surface area contributed by atoms with E-state index in [-0.39, 0.29) is 5.69 Å². The topological polar surface area (TPSA) is 63.8 Å². The summed E-state index contributed by atoms with van der Waals surface area (Å²) in [5.74, 6) is -0.221. The number of hydrogen-bond acceptors (Lipinski definition) is 4. The van der Waals surface area contributed by atoms with Crippen LogP contribution in [0.15, 0.2) is 29.6 Å². The van der Waals surface area contributed by atoms with Crippen LogP contribution in [0.25, 0.3) is 16.2 Å². The molecular weight excluding hydrogens is 288 g/mol. The van der Waals surface area contributed by atoms with Gasteiger partial charge in [-0.15, -0.1) is 11.3 Å². The van der Waals surface area contributed by atoms with E-state index in [0.717, 1.165) is 17.0 Å². The highest BCUT2D eigenvalue weighted by molar-refractivity contribution is 7.15. The normalized spacial score (nSPS) is 11.0. The zero-order valence-corrected chi connectivity index (χ0v) is 12.5. The molecule has 0 unspecified atom stereocenters. The highest BCUT2D eigenvalue weighted by atomic mass is 32.1. The van der Waals surface area contributed by atoms with Crippen molar-refractivity contribution < 1.29 is 14.6 Å². The van der Waals surface area contributed by atoms with Crippen molar-refractivity contribution >= 4 is 22.3 Å². The summed E-state index contributed by atoms with van der Waals surface area (Å²) < 4.78 is 6.94. The Balaban J connectivity index is 2.27. The van der Waals surface area contributed by atoms with Gasteiger partial charge in [0.25, 0.3) is 0 Å². The van der Waals surface area contributed by atoms with Crippen LogP contribution < -0.4 is 4.74 Å². The molecule has 3 aromatic rings. The number of imidazole rings is 1. The quantitative estimate of drug-likeness (QED) is 0.803. The summed E-state index contributed by atoms with van der Waals surface area (Å²) in [6.45, 7) is 1.91. The Morgan fingerprint density at radius 2 is 2.29 bits per heavy atom. The number of carboxylic acids is 1. The van der Waals surface area contributed by atoms with Gasteiger partial charge in [0.15, 0.2) is 10.7 Å². The fraction of sp³-hybridized carbons (Fsp3) is 0.200. The number of carboxylic acid groups (broad SMARTS) is 1. The number of aromatic nitrogens is 2. The smallest absolute Gasteiger partial charge is 0.354 e. The third-order valence-electron chi connectivity index (χ3n) is 3.34. The number of carbonyl (C=O) groups is 1. The molecule has 0 aliphatic rings. The summed E-state index contributed by atoms with van der Waals surface area (Å²) in [4.78, 5) is 16.7. The number of rotatable bonds is 4. The summed E-state index contributed by atoms with van der Waals surface area (Å²) in [5, 5.41) is 11.4. The number of benzene rings is 1. The van der Waals surface area contributed by atoms with Gasteiger partial charge < -0.3 is 9.84 Å². The summed E-state index contributed by atoms with van der Waals surface area (Å²) in [5.41, 5.74) is 2.58. The molecule has 21 heavy (non-hydrogen) atoms. The number of ether oxygens (including phenoxy) is 1. The number of aromatic carboxylic acids is 1. The number of fused-ring (bicyclic) bond motifs is 1. The molecule has 108 valence electrons. The van der Waals surface area contributed by atoms with Gasteiger partial charge in [-0.3, -0.25) is 4.40 Å². The van der Waals surface area contributed by atoms with Gasteiger partial charge in [0.1, 0.15) is 5.75 Å². The van der Waals surface area contributed by atoms with Crippen molar-refractivity contribution in [2.24, 2.45) is 0 Å². The average molecular weight is 302 g/mol. The molecule has 5 nitrogen and oxygen atoms in total. The summed E-state index contributed by atoms with van der Waals surface area (Å²) in [7, 11) is 1.61. The minimum absolute atomic E-state index is 0.242. The van der Waals surface area contributed by atoms with E-state index in [9.17, 15) is 9.90 Å². The molecule has 2 heterocycles. The summed E-state index contributed by atoms with van der Waals surface area (Å²) in [6.07, 6.45) is 0.591. The van der Waals surface area contributed by atoms with Crippen LogP contribution in [0.5, 0.6) is 5.75 Å². The number of aryl methyl sites for hydroxylation is 1. The second-order valence-corrected chi connectivity index (χ2v) is 5.37. The van der Waals surface area contributed by atoms with Crippen LogP contribution in [0.1, 0.15) is 23.1 Å². The molecule has 3 rings (SSSR count). The monoisotopic (exact) mass is 302 g/mol. The van der Waals surface area contributed by atoms with Crippen LogP contribution in [-0.2, 0) is 6.42 Å². The third kappa shape index (κ3) is 2.17. The van der Waals surface area contributed by atoms with Crippen molar-refractivity contribution in [1.82, 2.24) is 9.38 Å². The van der Waals surface area contributed by atoms with Crippen LogP contribution >= 0.6 is 11.3 Å². The molecule has 0 spiro atoms. The van der Waals surface area contributed by atoms with Gasteiger partial charge >= 0.3 is 5.97 Å². The van der Waals surface area contributed by atoms with E-state index in [1.165, 1.54) is 11.3 Å². The Morgan fingerprint density at radius 3 is 2.95 bits per heavy atom. The predicted molar refractivity (Wildman–Crippen MR) is 81.4 cm³/mol. The Bertz CT molecular complexity index is 820. The first-order valence-electron chi connectivity index (χ1n) is 6.52. The maximum Gasteiger partial charge on any atom is 0.354 e. The molecule has 0 saturated heterocycles. The number of methoxy groups -OCH3 is 1. The number of nitrogens with zero attached hydrogens (tertiary/aromatic N) is 2. The van der Waals surface area contributed by atoms with Gasteiger partial charge in [0.2, 0.25) is 0 Å². The fourth-order valence-electron chi connectivity index (χ4n) is 2.35. The Morgan fingerprint density at radius 1 is 1.48 bits per heavy atom. The van der Waals surface area contributed by atoms with E-state index in [0.29, 0.717) is 17.1 Å². The number of thiazole rings is 1. The zero-order chi connectivity index (χ0) is 15.0. The van der Waals surface area contributed by atoms with Crippen LogP contribution in [0.2, 0.25) is 0 Å². The zero-order valence-electron chi connectivity index (χ0n) is 11.7. The predicted octanol–water partition coefficient (Wildman–Crippen LogP) is 3.33. The molecule has 1 aromatic carbocycles. The minimum Gasteiger partial charge on any atom is -0.497 e. The largest absolute Gasteiger partial charge is 0.497 e. The van der Waals surface area contributed by atoms with Gasteiger partial charge in [-0.2, -0.15) is 0 Å². The lowest BCUT2D eigenvalue weighted by molar-refractivity contribution is 0.0688. The SMILES string of the molecule is CCc1nc2scc(-c3cccc(OC)c3)n2c1C(=O)O. The molecule has 0 aliphatic carbocycles. The van der Waals surface area contributed by atoms with Crippen molar-refractivity contribution in [2.75, 3.05) is 7.11 Å². The molecule has 0 bridgehead atoms. The van der Waals surface area contributed by atoms with Crippen LogP contribution in [0, 0.1) is 0 Å². The summed E-state index contributed by atoms with van der Waals surface area (Å²) >= 11 is 1.44. The molecule has 0 saturated carbocycles. The molecule has 1 N–H and O–H groups in total. The minimum atomic E-state index is -0.957. The van der Waals surface area contributed by atoms with Gasteiger partial charge in [0.05, 0.1) is 18.5 Å². The van der Waals surface area contributed by atoms with Gasteiger partial charge in [-0.1, -0.05) is 19.1 Å². The molecule has 0 radical (unpaired) electrons. The second kappa shape index (κ2) is 5.21. The lowest BCUT2D eigenvalue weighted by Gasteiger charge is -2.05. The van der Waals surface area contributed by atoms with E-state index in [2.05, 4.69) is 4.98 Å². The Labute approximate surface area is 125 Å². The highest BCUT2D eigenvalue weighted by Gasteiger charge is 2.21. The first-order valence-corrected chi connectivity index (χ1v) is 7.40. The molecule has 0 atom stereocenters. The van der Waals surface area contributed by atoms with E-state index >= 15 is 0 Å². The lowest BCUT2D eigenvalue weighted by atomic mass is 10.1. The van der Waals surface area contributed by atoms with Crippen LogP contribution in [0.3, 0.4) is 0 Å². The van der Waals surface area contributed by atoms with Crippen molar-refractivity contribution in [1.29, 1.82) is 0 Å². The first kappa shape index (κ1) is 13.6. The van der Waals surface area contributed by atoms with Crippen molar-refractivity contribution in [2.45, 2.75) is 13.3 Å². The number of hydrogen-bond donors (Lipinski definition) is 1. The van der Waals surface area contributed by atoms with E-state index in [4.69, 9.17) is 4.74 Å². The Kier molecular flexibility index (Phi) is 3.39. The Hall–Kier alpha value is -2.34. The van der Waals surface area contributed by atoms with Crippen molar-refractivity contribution in [3.63, 3.8) is 0 Å². The maximum atomic E-state index is 11.6. The molecular formula is C15H14N2O3S. The van der Waals surface area contributed by atoms with Gasteiger partial charge in [-0.05, 0) is 18.6 Å². The average Bonchev–Trinajstić information content (AvgIpc) is 3.04. The van der Waals surface area contributed by atoms with Crippen molar-refractivity contribution in [3.05, 3.63) is 41.0 Å². The van der Waals surface area contributed by atoms with E-state index in [1.54, 1.807) is 11.5 Å². The van der Waals surface area contributed by atoms with Gasteiger partial charge in [-0.25, -0.2) is 9.78 Å². The first-order chi connectivity index (χ1) is 10.2. The highest BCUT2D eigenvalue weighted by Crippen LogP contribution is 2.31. The molecule has 6 heteroatoms. The van der Waals surface area contributed by atoms with E-state index in [1.807, 2.05) is 36.6 Å². The standard InChI is InChI=1S/C15H14N2O3S/c1-3-11-13(14(18)19)17-12(8-21-15(17)16-11)9-5-4-6-10(7-9)20-2/h4-8H,3H2,1-2H3,(H,18,19). The molecule has 0 aliphatic heterocycles.